The number of aryl methyl sites for hydroxylation is 1. The van der Waals surface area contributed by atoms with E-state index in [0.29, 0.717) is 5.92 Å². The van der Waals surface area contributed by atoms with Gasteiger partial charge in [-0.25, -0.2) is 4.98 Å². The lowest BCUT2D eigenvalue weighted by Crippen LogP contribution is -2.40. The fourth-order valence-corrected chi connectivity index (χ4v) is 1.92. The number of hydrogen-bond donors (Lipinski definition) is 2. The molecule has 0 amide bonds. The van der Waals surface area contributed by atoms with E-state index < -0.39 is 0 Å². The van der Waals surface area contributed by atoms with Crippen molar-refractivity contribution in [1.82, 2.24) is 19.9 Å². The first-order valence-electron chi connectivity index (χ1n) is 5.46. The summed E-state index contributed by atoms with van der Waals surface area (Å²) in [6.45, 7) is 5.66. The summed E-state index contributed by atoms with van der Waals surface area (Å²) in [5.74, 6) is 1.32. The lowest BCUT2D eigenvalue weighted by atomic mass is 10.0. The van der Waals surface area contributed by atoms with Gasteiger partial charge < -0.3 is 5.32 Å². The summed E-state index contributed by atoms with van der Waals surface area (Å²) in [7, 11) is 0. The van der Waals surface area contributed by atoms with Gasteiger partial charge in [-0.15, -0.1) is 0 Å². The van der Waals surface area contributed by atoms with Crippen molar-refractivity contribution in [3.05, 3.63) is 33.4 Å². The van der Waals surface area contributed by atoms with Crippen molar-refractivity contribution in [2.45, 2.75) is 19.8 Å². The van der Waals surface area contributed by atoms with Crippen LogP contribution < -0.4 is 10.9 Å². The van der Waals surface area contributed by atoms with Gasteiger partial charge in [0.25, 0.3) is 5.56 Å². The number of pyridine rings is 1. The third-order valence-electron chi connectivity index (χ3n) is 3.32. The maximum atomic E-state index is 12.0. The summed E-state index contributed by atoms with van der Waals surface area (Å²) in [4.78, 5) is 16.4. The second-order valence-corrected chi connectivity index (χ2v) is 4.42. The quantitative estimate of drug-likeness (QED) is 0.725. The summed E-state index contributed by atoms with van der Waals surface area (Å²) in [5, 5.41) is 6.28. The van der Waals surface area contributed by atoms with Gasteiger partial charge in [-0.05, 0) is 25.5 Å². The van der Waals surface area contributed by atoms with Crippen LogP contribution in [0.1, 0.15) is 22.9 Å². The Morgan fingerprint density at radius 2 is 2.19 bits per heavy atom. The molecule has 0 saturated carbocycles. The van der Waals surface area contributed by atoms with E-state index in [4.69, 9.17) is 0 Å². The van der Waals surface area contributed by atoms with Gasteiger partial charge >= 0.3 is 0 Å². The second-order valence-electron chi connectivity index (χ2n) is 4.42. The van der Waals surface area contributed by atoms with Crippen molar-refractivity contribution in [3.8, 4) is 0 Å². The standard InChI is InChI=1S/C11H14N4O/c1-6-3-9-13-10(8-4-12-5-8)14-15(9)11(16)7(6)2/h3,8,12H,4-5H2,1-2H3,(H,13,14). The van der Waals surface area contributed by atoms with Crippen LogP contribution in [0, 0.1) is 13.8 Å². The molecule has 16 heavy (non-hydrogen) atoms. The first kappa shape index (κ1) is 9.59. The van der Waals surface area contributed by atoms with Crippen LogP contribution >= 0.6 is 0 Å². The molecule has 84 valence electrons. The van der Waals surface area contributed by atoms with E-state index in [-0.39, 0.29) is 5.56 Å². The molecule has 5 nitrogen and oxygen atoms in total. The van der Waals surface area contributed by atoms with Crippen molar-refractivity contribution in [2.75, 3.05) is 13.1 Å². The molecule has 3 rings (SSSR count). The van der Waals surface area contributed by atoms with Crippen molar-refractivity contribution < 1.29 is 0 Å². The van der Waals surface area contributed by atoms with Crippen LogP contribution in [-0.2, 0) is 0 Å². The number of aromatic nitrogens is 3. The predicted molar refractivity (Wildman–Crippen MR) is 60.9 cm³/mol. The fourth-order valence-electron chi connectivity index (χ4n) is 1.92. The molecule has 1 fully saturated rings. The number of nitrogens with zero attached hydrogens (tertiary/aromatic N) is 2. The molecular weight excluding hydrogens is 204 g/mol. The van der Waals surface area contributed by atoms with Crippen molar-refractivity contribution >= 4 is 5.65 Å². The Hall–Kier alpha value is -1.62. The first-order valence-corrected chi connectivity index (χ1v) is 5.46. The van der Waals surface area contributed by atoms with Crippen LogP contribution in [0.5, 0.6) is 0 Å². The van der Waals surface area contributed by atoms with Gasteiger partial charge in [-0.2, -0.15) is 4.52 Å². The van der Waals surface area contributed by atoms with E-state index in [1.807, 2.05) is 19.9 Å². The minimum absolute atomic E-state index is 0.000956. The Balaban J connectivity index is 2.24. The van der Waals surface area contributed by atoms with Crippen LogP contribution in [0.25, 0.3) is 5.65 Å². The van der Waals surface area contributed by atoms with Gasteiger partial charge in [-0.3, -0.25) is 9.89 Å². The van der Waals surface area contributed by atoms with Crippen molar-refractivity contribution in [2.24, 2.45) is 0 Å². The maximum absolute atomic E-state index is 12.0. The number of nitrogens with one attached hydrogen (secondary N) is 2. The number of H-pyrrole nitrogens is 1. The van der Waals surface area contributed by atoms with Crippen LogP contribution in [0.2, 0.25) is 0 Å². The number of fused-ring (bicyclic) bond motifs is 1. The van der Waals surface area contributed by atoms with Gasteiger partial charge in [0.2, 0.25) is 0 Å². The molecule has 0 aromatic carbocycles. The smallest absolute Gasteiger partial charge is 0.274 e. The van der Waals surface area contributed by atoms with E-state index in [0.717, 1.165) is 35.7 Å². The van der Waals surface area contributed by atoms with Gasteiger partial charge in [-0.1, -0.05) is 0 Å². The molecule has 1 aliphatic rings. The van der Waals surface area contributed by atoms with E-state index in [9.17, 15) is 4.79 Å². The van der Waals surface area contributed by atoms with Crippen molar-refractivity contribution in [1.29, 1.82) is 0 Å². The van der Waals surface area contributed by atoms with Crippen LogP contribution in [-0.4, -0.2) is 27.7 Å². The number of hydrogen-bond acceptors (Lipinski definition) is 3. The zero-order chi connectivity index (χ0) is 11.3. The maximum Gasteiger partial charge on any atom is 0.274 e. The Morgan fingerprint density at radius 1 is 1.44 bits per heavy atom. The Morgan fingerprint density at radius 3 is 2.81 bits per heavy atom. The minimum Gasteiger partial charge on any atom is -0.315 e. The van der Waals surface area contributed by atoms with Gasteiger partial charge in [0.15, 0.2) is 5.65 Å². The molecule has 0 spiro atoms. The molecule has 1 saturated heterocycles. The normalized spacial score (nSPS) is 16.6. The number of aromatic amines is 1. The zero-order valence-electron chi connectivity index (χ0n) is 9.37. The molecular formula is C11H14N4O. The topological polar surface area (TPSA) is 62.2 Å². The SMILES string of the molecule is Cc1cc2nc(C3CNC3)[nH]n2c(=O)c1C. The first-order chi connectivity index (χ1) is 7.66. The fraction of sp³-hybridized carbons (Fsp3) is 0.455. The Kier molecular flexibility index (Phi) is 1.91. The Bertz CT molecular complexity index is 606. The van der Waals surface area contributed by atoms with Crippen LogP contribution in [0.3, 0.4) is 0 Å². The Labute approximate surface area is 92.5 Å². The highest BCUT2D eigenvalue weighted by Crippen LogP contribution is 2.16. The van der Waals surface area contributed by atoms with Crippen molar-refractivity contribution in [3.63, 3.8) is 0 Å². The molecule has 1 aliphatic heterocycles. The average molecular weight is 218 g/mol. The molecule has 0 atom stereocenters. The summed E-state index contributed by atoms with van der Waals surface area (Å²) in [5.41, 5.74) is 2.49. The molecule has 0 bridgehead atoms. The average Bonchev–Trinajstić information content (AvgIpc) is 2.55. The molecule has 0 aliphatic carbocycles. The molecule has 3 heterocycles. The van der Waals surface area contributed by atoms with Crippen LogP contribution in [0.15, 0.2) is 10.9 Å². The molecule has 2 aromatic heterocycles. The van der Waals surface area contributed by atoms with E-state index in [1.54, 1.807) is 0 Å². The number of rotatable bonds is 1. The van der Waals surface area contributed by atoms with Crippen LogP contribution in [0.4, 0.5) is 0 Å². The summed E-state index contributed by atoms with van der Waals surface area (Å²) < 4.78 is 1.54. The highest BCUT2D eigenvalue weighted by atomic mass is 16.1. The summed E-state index contributed by atoms with van der Waals surface area (Å²) in [6.07, 6.45) is 0. The predicted octanol–water partition coefficient (Wildman–Crippen LogP) is 0.326. The van der Waals surface area contributed by atoms with Gasteiger partial charge in [0.05, 0.1) is 0 Å². The third-order valence-corrected chi connectivity index (χ3v) is 3.32. The van der Waals surface area contributed by atoms with Gasteiger partial charge in [0.1, 0.15) is 5.82 Å². The zero-order valence-corrected chi connectivity index (χ0v) is 9.37. The monoisotopic (exact) mass is 218 g/mol. The molecule has 0 radical (unpaired) electrons. The highest BCUT2D eigenvalue weighted by molar-refractivity contribution is 5.43. The lowest BCUT2D eigenvalue weighted by Gasteiger charge is -2.24. The second kappa shape index (κ2) is 3.18. The minimum atomic E-state index is 0.000956. The van der Waals surface area contributed by atoms with Gasteiger partial charge in [0, 0.05) is 24.6 Å². The summed E-state index contributed by atoms with van der Waals surface area (Å²) >= 11 is 0. The summed E-state index contributed by atoms with van der Waals surface area (Å²) in [6, 6.07) is 1.95. The van der Waals surface area contributed by atoms with E-state index in [1.165, 1.54) is 4.52 Å². The molecule has 0 unspecified atom stereocenters. The lowest BCUT2D eigenvalue weighted by molar-refractivity contribution is 0.430. The highest BCUT2D eigenvalue weighted by Gasteiger charge is 2.22. The van der Waals surface area contributed by atoms with E-state index >= 15 is 0 Å². The molecule has 5 heteroatoms. The third kappa shape index (κ3) is 1.21. The largest absolute Gasteiger partial charge is 0.315 e. The molecule has 2 aromatic rings. The molecule has 2 N–H and O–H groups in total. The van der Waals surface area contributed by atoms with E-state index in [2.05, 4.69) is 15.4 Å².